The van der Waals surface area contributed by atoms with E-state index in [1.807, 2.05) is 33.3 Å². The van der Waals surface area contributed by atoms with Gasteiger partial charge in [0.05, 0.1) is 33.8 Å². The Balaban J connectivity index is 5.35. The van der Waals surface area contributed by atoms with Crippen molar-refractivity contribution in [3.8, 4) is 0 Å². The lowest BCUT2D eigenvalue weighted by Gasteiger charge is -2.30. The first kappa shape index (κ1) is 70.5. The molecular weight excluding hydrogens is 928 g/mol. The van der Waals surface area contributed by atoms with Crippen LogP contribution in [0.15, 0.2) is 72.9 Å². The molecule has 0 fully saturated rings. The van der Waals surface area contributed by atoms with E-state index in [1.54, 1.807) is 0 Å². The molecule has 0 saturated carbocycles. The van der Waals surface area contributed by atoms with Crippen LogP contribution in [0.4, 0.5) is 0 Å². The summed E-state index contributed by atoms with van der Waals surface area (Å²) < 4.78 is 30.3. The Morgan fingerprint density at radius 2 is 0.877 bits per heavy atom. The number of hydrogen-bond donors (Lipinski definition) is 1. The van der Waals surface area contributed by atoms with Crippen molar-refractivity contribution < 1.29 is 37.3 Å². The average molecular weight is 1040 g/mol. The first-order valence-electron chi connectivity index (χ1n) is 30.2. The number of rotatable bonds is 54. The number of allylic oxidation sites excluding steroid dienone is 11. The van der Waals surface area contributed by atoms with Gasteiger partial charge in [0.15, 0.2) is 0 Å². The number of unbranched alkanes of at least 4 members (excludes halogenated alkanes) is 28. The van der Waals surface area contributed by atoms with Gasteiger partial charge in [-0.2, -0.15) is 0 Å². The highest BCUT2D eigenvalue weighted by Crippen LogP contribution is 2.38. The lowest BCUT2D eigenvalue weighted by atomic mass is 10.0. The van der Waals surface area contributed by atoms with Gasteiger partial charge in [-0.1, -0.05) is 248 Å². The minimum Gasteiger partial charge on any atom is -0.756 e. The number of phosphoric acid groups is 1. The zero-order valence-corrected chi connectivity index (χ0v) is 49.2. The van der Waals surface area contributed by atoms with Crippen molar-refractivity contribution in [1.82, 2.24) is 5.32 Å². The van der Waals surface area contributed by atoms with Crippen molar-refractivity contribution in [2.75, 3.05) is 40.9 Å². The van der Waals surface area contributed by atoms with Gasteiger partial charge in [-0.15, -0.1) is 0 Å². The van der Waals surface area contributed by atoms with E-state index in [4.69, 9.17) is 13.8 Å². The molecular formula is C63H115N2O7P. The Labute approximate surface area is 451 Å². The van der Waals surface area contributed by atoms with Crippen LogP contribution in [0, 0.1) is 0 Å². The molecule has 3 atom stereocenters. The van der Waals surface area contributed by atoms with Gasteiger partial charge in [-0.05, 0) is 76.7 Å². The van der Waals surface area contributed by atoms with E-state index in [0.29, 0.717) is 23.9 Å². The van der Waals surface area contributed by atoms with Crippen LogP contribution < -0.4 is 10.2 Å². The lowest BCUT2D eigenvalue weighted by Crippen LogP contribution is -2.47. The molecule has 0 rings (SSSR count). The highest BCUT2D eigenvalue weighted by Gasteiger charge is 2.27. The summed E-state index contributed by atoms with van der Waals surface area (Å²) in [4.78, 5) is 39.9. The third-order valence-corrected chi connectivity index (χ3v) is 14.1. The number of nitrogens with zero attached hydrogens (tertiary/aromatic N) is 1. The number of ether oxygens (including phenoxy) is 1. The molecule has 10 heteroatoms. The third-order valence-electron chi connectivity index (χ3n) is 13.2. The third kappa shape index (κ3) is 54.1. The lowest BCUT2D eigenvalue weighted by molar-refractivity contribution is -0.870. The maximum Gasteiger partial charge on any atom is 0.306 e. The number of hydrogen-bond acceptors (Lipinski definition) is 7. The Morgan fingerprint density at radius 1 is 0.493 bits per heavy atom. The summed E-state index contributed by atoms with van der Waals surface area (Å²) in [6.07, 6.45) is 67.2. The van der Waals surface area contributed by atoms with E-state index in [9.17, 15) is 19.0 Å². The number of amides is 1. The van der Waals surface area contributed by atoms with Crippen molar-refractivity contribution in [2.45, 2.75) is 277 Å². The number of esters is 1. The second-order valence-electron chi connectivity index (χ2n) is 21.5. The summed E-state index contributed by atoms with van der Waals surface area (Å²) >= 11 is 0. The average Bonchev–Trinajstić information content (AvgIpc) is 3.35. The van der Waals surface area contributed by atoms with Gasteiger partial charge < -0.3 is 28.5 Å². The van der Waals surface area contributed by atoms with Gasteiger partial charge in [-0.3, -0.25) is 14.2 Å². The van der Waals surface area contributed by atoms with Crippen LogP contribution in [0.3, 0.4) is 0 Å². The molecule has 0 aliphatic carbocycles. The van der Waals surface area contributed by atoms with Crippen LogP contribution >= 0.6 is 7.82 Å². The van der Waals surface area contributed by atoms with Gasteiger partial charge in [0.1, 0.15) is 19.3 Å². The normalized spacial score (nSPS) is 14.2. The SMILES string of the molecule is CC/C=C\C/C=C\C/C=C\C/C=C\C/C=C\CCCCCC(=O)OC(/C=C/CCCCCCCCCCCC)C(COP(=O)([O-])OCC[N+](C)(C)C)NC(=O)CCCCCCCCCCCCCCCCCC. The van der Waals surface area contributed by atoms with E-state index < -0.39 is 26.6 Å². The molecule has 0 aromatic rings. The quantitative estimate of drug-likeness (QED) is 0.0212. The number of quaternary nitrogens is 1. The van der Waals surface area contributed by atoms with E-state index in [2.05, 4.69) is 86.8 Å². The zero-order valence-electron chi connectivity index (χ0n) is 48.3. The van der Waals surface area contributed by atoms with Crippen molar-refractivity contribution in [1.29, 1.82) is 0 Å². The maximum atomic E-state index is 13.5. The number of phosphoric ester groups is 1. The molecule has 0 aliphatic rings. The Hall–Kier alpha value is -2.55. The van der Waals surface area contributed by atoms with Crippen LogP contribution in [0.5, 0.6) is 0 Å². The topological polar surface area (TPSA) is 114 Å². The smallest absolute Gasteiger partial charge is 0.306 e. The van der Waals surface area contributed by atoms with E-state index in [-0.39, 0.29) is 24.9 Å². The molecule has 0 spiro atoms. The summed E-state index contributed by atoms with van der Waals surface area (Å²) in [6, 6.07) is -0.902. The largest absolute Gasteiger partial charge is 0.756 e. The Bertz CT molecular complexity index is 1480. The molecule has 0 bridgehead atoms. The molecule has 9 nitrogen and oxygen atoms in total. The number of likely N-dealkylation sites (N-methyl/N-ethyl adjacent to an activating group) is 1. The van der Waals surface area contributed by atoms with Crippen molar-refractivity contribution in [3.05, 3.63) is 72.9 Å². The molecule has 0 heterocycles. The van der Waals surface area contributed by atoms with Gasteiger partial charge in [0.25, 0.3) is 7.82 Å². The zero-order chi connectivity index (χ0) is 53.6. The molecule has 0 aromatic carbocycles. The van der Waals surface area contributed by atoms with Gasteiger partial charge in [0, 0.05) is 12.8 Å². The summed E-state index contributed by atoms with van der Waals surface area (Å²) in [7, 11) is 1.16. The first-order chi connectivity index (χ1) is 35.4. The number of nitrogens with one attached hydrogen (secondary N) is 1. The fourth-order valence-corrected chi connectivity index (χ4v) is 9.21. The van der Waals surface area contributed by atoms with Gasteiger partial charge in [0.2, 0.25) is 5.91 Å². The minimum atomic E-state index is -4.70. The van der Waals surface area contributed by atoms with Gasteiger partial charge >= 0.3 is 5.97 Å². The molecule has 0 saturated heterocycles. The molecule has 3 unspecified atom stereocenters. The molecule has 0 aromatic heterocycles. The summed E-state index contributed by atoms with van der Waals surface area (Å²) in [6.45, 7) is 6.72. The Kier molecular flexibility index (Phi) is 51.0. The van der Waals surface area contributed by atoms with Crippen LogP contribution in [-0.4, -0.2) is 69.4 Å². The van der Waals surface area contributed by atoms with Crippen molar-refractivity contribution >= 4 is 19.7 Å². The molecule has 1 amide bonds. The van der Waals surface area contributed by atoms with E-state index >= 15 is 0 Å². The van der Waals surface area contributed by atoms with Crippen LogP contribution in [0.25, 0.3) is 0 Å². The minimum absolute atomic E-state index is 0.0290. The summed E-state index contributed by atoms with van der Waals surface area (Å²) in [5, 5.41) is 3.02. The molecule has 0 aliphatic heterocycles. The summed E-state index contributed by atoms with van der Waals surface area (Å²) in [5.74, 6) is -0.574. The highest BCUT2D eigenvalue weighted by atomic mass is 31.2. The Morgan fingerprint density at radius 3 is 1.33 bits per heavy atom. The van der Waals surface area contributed by atoms with Crippen LogP contribution in [0.1, 0.15) is 265 Å². The summed E-state index contributed by atoms with van der Waals surface area (Å²) in [5.41, 5.74) is 0. The molecule has 73 heavy (non-hydrogen) atoms. The number of carbonyl (C=O) groups is 2. The van der Waals surface area contributed by atoms with E-state index in [0.717, 1.165) is 89.9 Å². The van der Waals surface area contributed by atoms with Crippen LogP contribution in [0.2, 0.25) is 0 Å². The molecule has 0 radical (unpaired) electrons. The molecule has 1 N–H and O–H groups in total. The monoisotopic (exact) mass is 1040 g/mol. The van der Waals surface area contributed by atoms with Gasteiger partial charge in [-0.25, -0.2) is 0 Å². The highest BCUT2D eigenvalue weighted by molar-refractivity contribution is 7.45. The second-order valence-corrected chi connectivity index (χ2v) is 22.9. The number of carbonyl (C=O) groups excluding carboxylic acids is 2. The fraction of sp³-hybridized carbons (Fsp3) is 0.778. The second kappa shape index (κ2) is 52.9. The fourth-order valence-electron chi connectivity index (χ4n) is 8.49. The van der Waals surface area contributed by atoms with Crippen molar-refractivity contribution in [2.24, 2.45) is 0 Å². The maximum absolute atomic E-state index is 13.5. The predicted octanol–water partition coefficient (Wildman–Crippen LogP) is 17.8. The van der Waals surface area contributed by atoms with Crippen molar-refractivity contribution in [3.63, 3.8) is 0 Å². The molecule has 424 valence electrons. The van der Waals surface area contributed by atoms with Crippen LogP contribution in [-0.2, 0) is 27.9 Å². The first-order valence-corrected chi connectivity index (χ1v) is 31.7. The van der Waals surface area contributed by atoms with E-state index in [1.165, 1.54) is 135 Å². The predicted molar refractivity (Wildman–Crippen MR) is 312 cm³/mol. The standard InChI is InChI=1S/C63H115N2O7P/c1-7-10-13-16-19-22-25-28-30-32-33-34-36-38-41-44-47-50-53-56-63(67)72-61(54-51-48-45-42-39-27-24-21-18-15-12-9-3)60(59-71-73(68,69)70-58-57-65(4,5)6)64-62(66)55-52-49-46-43-40-37-35-31-29-26-23-20-17-14-11-8-2/h10,13,19,22,28,30,33-34,38,41,51,54,60-61H,7-9,11-12,14-18,20-21,23-27,29,31-32,35-37,39-40,42-50,52-53,55-59H2,1-6H3,(H-,64,66,68,69)/b13-10-,22-19-,30-28-,34-33-,41-38-,54-51+.